The maximum absolute atomic E-state index is 5.40. The predicted octanol–water partition coefficient (Wildman–Crippen LogP) is 10.8. The summed E-state index contributed by atoms with van der Waals surface area (Å²) in [6.45, 7) is 0. The van der Waals surface area contributed by atoms with Crippen molar-refractivity contribution in [1.82, 2.24) is 19.5 Å². The molecule has 3 heterocycles. The van der Waals surface area contributed by atoms with Crippen LogP contribution in [-0.2, 0) is 0 Å². The number of imidazole rings is 1. The van der Waals surface area contributed by atoms with Crippen molar-refractivity contribution >= 4 is 32.7 Å². The van der Waals surface area contributed by atoms with E-state index in [1.165, 1.54) is 27.1 Å². The van der Waals surface area contributed by atoms with E-state index >= 15 is 0 Å². The van der Waals surface area contributed by atoms with Crippen LogP contribution in [-0.4, -0.2) is 19.5 Å². The summed E-state index contributed by atoms with van der Waals surface area (Å²) in [5, 5.41) is 4.91. The van der Waals surface area contributed by atoms with E-state index in [0.717, 1.165) is 56.1 Å². The van der Waals surface area contributed by atoms with Crippen LogP contribution in [0, 0.1) is 0 Å². The van der Waals surface area contributed by atoms with Crippen molar-refractivity contribution in [2.75, 3.05) is 0 Å². The zero-order valence-electron chi connectivity index (χ0n) is 25.5. The maximum atomic E-state index is 5.40. The quantitative estimate of drug-likeness (QED) is 0.185. The first-order chi connectivity index (χ1) is 23.3. The Hall–Kier alpha value is -6.39. The minimum atomic E-state index is 0.817. The fourth-order valence-corrected chi connectivity index (χ4v) is 6.74. The number of fused-ring (bicyclic) bond motifs is 4. The first kappa shape index (κ1) is 27.0. The summed E-state index contributed by atoms with van der Waals surface area (Å²) in [5.41, 5.74) is 10.3. The molecule has 0 atom stereocenters. The summed E-state index contributed by atoms with van der Waals surface area (Å²) in [6.07, 6.45) is 5.63. The van der Waals surface area contributed by atoms with Gasteiger partial charge in [0.2, 0.25) is 0 Å². The second kappa shape index (κ2) is 11.2. The SMILES string of the molecule is c1ccc(-c2ccnc3c2nc(-c2cc(-c4cccnc4)cc(-c4cc5ccccc5c5ccccc45)c2)n3-c2ccccc2)cc1. The average molecular weight is 601 g/mol. The number of pyridine rings is 2. The fourth-order valence-electron chi connectivity index (χ4n) is 6.74. The third kappa shape index (κ3) is 4.66. The number of rotatable bonds is 5. The van der Waals surface area contributed by atoms with E-state index in [1.54, 1.807) is 0 Å². The van der Waals surface area contributed by atoms with Gasteiger partial charge < -0.3 is 0 Å². The molecular weight excluding hydrogens is 573 g/mol. The van der Waals surface area contributed by atoms with Crippen LogP contribution in [0.4, 0.5) is 0 Å². The highest BCUT2D eigenvalue weighted by Crippen LogP contribution is 2.40. The van der Waals surface area contributed by atoms with E-state index in [0.29, 0.717) is 0 Å². The van der Waals surface area contributed by atoms with Crippen LogP contribution in [0.5, 0.6) is 0 Å². The molecule has 0 unspecified atom stereocenters. The van der Waals surface area contributed by atoms with Gasteiger partial charge in [-0.3, -0.25) is 9.55 Å². The van der Waals surface area contributed by atoms with Crippen molar-refractivity contribution in [3.63, 3.8) is 0 Å². The van der Waals surface area contributed by atoms with Crippen molar-refractivity contribution in [1.29, 1.82) is 0 Å². The van der Waals surface area contributed by atoms with Gasteiger partial charge in [-0.1, -0.05) is 103 Å². The molecule has 0 radical (unpaired) electrons. The lowest BCUT2D eigenvalue weighted by Crippen LogP contribution is -1.99. The molecule has 0 spiro atoms. The molecular formula is C43H28N4. The van der Waals surface area contributed by atoms with Crippen molar-refractivity contribution in [2.24, 2.45) is 0 Å². The molecule has 0 saturated heterocycles. The molecule has 6 aromatic carbocycles. The summed E-state index contributed by atoms with van der Waals surface area (Å²) < 4.78 is 2.19. The third-order valence-electron chi connectivity index (χ3n) is 8.91. The molecule has 3 aromatic heterocycles. The first-order valence-corrected chi connectivity index (χ1v) is 15.8. The first-order valence-electron chi connectivity index (χ1n) is 15.8. The van der Waals surface area contributed by atoms with E-state index in [-0.39, 0.29) is 0 Å². The van der Waals surface area contributed by atoms with Crippen molar-refractivity contribution in [3.8, 4) is 50.5 Å². The van der Waals surface area contributed by atoms with E-state index in [9.17, 15) is 0 Å². The lowest BCUT2D eigenvalue weighted by Gasteiger charge is -2.15. The monoisotopic (exact) mass is 600 g/mol. The molecule has 9 rings (SSSR count). The third-order valence-corrected chi connectivity index (χ3v) is 8.91. The number of aromatic nitrogens is 4. The summed E-state index contributed by atoms with van der Waals surface area (Å²) in [6, 6.07) is 53.4. The minimum absolute atomic E-state index is 0.817. The van der Waals surface area contributed by atoms with Crippen LogP contribution in [0.1, 0.15) is 0 Å². The van der Waals surface area contributed by atoms with Crippen LogP contribution in [0.3, 0.4) is 0 Å². The van der Waals surface area contributed by atoms with Gasteiger partial charge in [-0.15, -0.1) is 0 Å². The standard InChI is InChI=1S/C43H28N4/c1-3-12-29(13-4-1)37-21-23-45-43-41(37)46-42(47(43)35-16-5-2-6-17-35)34-25-32(31-15-11-22-44-28-31)24-33(26-34)40-27-30-14-7-8-18-36(30)38-19-9-10-20-39(38)40/h1-28H. The normalized spacial score (nSPS) is 11.4. The Labute approximate surface area is 272 Å². The molecule has 9 aromatic rings. The highest BCUT2D eigenvalue weighted by Gasteiger charge is 2.20. The number of benzene rings is 6. The van der Waals surface area contributed by atoms with Gasteiger partial charge in [0, 0.05) is 41.0 Å². The summed E-state index contributed by atoms with van der Waals surface area (Å²) in [5.74, 6) is 0.833. The van der Waals surface area contributed by atoms with Crippen LogP contribution in [0.15, 0.2) is 170 Å². The van der Waals surface area contributed by atoms with E-state index in [1.807, 2.05) is 36.8 Å². The molecule has 0 amide bonds. The Morgan fingerprint density at radius 3 is 1.94 bits per heavy atom. The molecule has 0 aliphatic rings. The van der Waals surface area contributed by atoms with Gasteiger partial charge in [-0.05, 0) is 92.3 Å². The Balaban J connectivity index is 1.37. The summed E-state index contributed by atoms with van der Waals surface area (Å²) in [7, 11) is 0. The molecule has 4 nitrogen and oxygen atoms in total. The van der Waals surface area contributed by atoms with Gasteiger partial charge in [-0.2, -0.15) is 0 Å². The molecule has 0 bridgehead atoms. The lowest BCUT2D eigenvalue weighted by molar-refractivity contribution is 1.08. The number of hydrogen-bond acceptors (Lipinski definition) is 3. The Morgan fingerprint density at radius 1 is 0.447 bits per heavy atom. The average Bonchev–Trinajstić information content (AvgIpc) is 3.55. The van der Waals surface area contributed by atoms with Gasteiger partial charge >= 0.3 is 0 Å². The zero-order chi connectivity index (χ0) is 31.2. The fraction of sp³-hybridized carbons (Fsp3) is 0. The minimum Gasteiger partial charge on any atom is -0.277 e. The predicted molar refractivity (Wildman–Crippen MR) is 193 cm³/mol. The van der Waals surface area contributed by atoms with E-state index < -0.39 is 0 Å². The number of para-hydroxylation sites is 1. The Kier molecular flexibility index (Phi) is 6.43. The second-order valence-electron chi connectivity index (χ2n) is 11.7. The van der Waals surface area contributed by atoms with Crippen molar-refractivity contribution in [2.45, 2.75) is 0 Å². The molecule has 0 fully saturated rings. The highest BCUT2D eigenvalue weighted by molar-refractivity contribution is 6.14. The molecule has 0 aliphatic heterocycles. The molecule has 220 valence electrons. The lowest BCUT2D eigenvalue weighted by atomic mass is 9.90. The van der Waals surface area contributed by atoms with E-state index in [2.05, 4.69) is 143 Å². The molecule has 0 saturated carbocycles. The molecule has 4 heteroatoms. The van der Waals surface area contributed by atoms with Gasteiger partial charge in [0.25, 0.3) is 0 Å². The van der Waals surface area contributed by atoms with Crippen LogP contribution in [0.2, 0.25) is 0 Å². The second-order valence-corrected chi connectivity index (χ2v) is 11.7. The van der Waals surface area contributed by atoms with Gasteiger partial charge in [0.1, 0.15) is 11.3 Å². The largest absolute Gasteiger partial charge is 0.277 e. The number of hydrogen-bond donors (Lipinski definition) is 0. The van der Waals surface area contributed by atoms with Crippen molar-refractivity contribution < 1.29 is 0 Å². The van der Waals surface area contributed by atoms with Crippen LogP contribution >= 0.6 is 0 Å². The Morgan fingerprint density at radius 2 is 1.13 bits per heavy atom. The molecule has 47 heavy (non-hydrogen) atoms. The van der Waals surface area contributed by atoms with Gasteiger partial charge in [-0.25, -0.2) is 9.97 Å². The zero-order valence-corrected chi connectivity index (χ0v) is 25.5. The smallest absolute Gasteiger partial charge is 0.165 e. The number of nitrogens with zero attached hydrogens (tertiary/aromatic N) is 4. The van der Waals surface area contributed by atoms with Gasteiger partial charge in [0.15, 0.2) is 5.65 Å². The Bertz CT molecular complexity index is 2550. The molecule has 0 aliphatic carbocycles. The van der Waals surface area contributed by atoms with Crippen LogP contribution in [0.25, 0.3) is 83.2 Å². The summed E-state index contributed by atoms with van der Waals surface area (Å²) >= 11 is 0. The molecule has 0 N–H and O–H groups in total. The highest BCUT2D eigenvalue weighted by atomic mass is 15.1. The van der Waals surface area contributed by atoms with Crippen molar-refractivity contribution in [3.05, 3.63) is 170 Å². The van der Waals surface area contributed by atoms with E-state index in [4.69, 9.17) is 9.97 Å². The topological polar surface area (TPSA) is 43.6 Å². The summed E-state index contributed by atoms with van der Waals surface area (Å²) in [4.78, 5) is 14.8. The maximum Gasteiger partial charge on any atom is 0.165 e. The van der Waals surface area contributed by atoms with Crippen LogP contribution < -0.4 is 0 Å². The van der Waals surface area contributed by atoms with Gasteiger partial charge in [0.05, 0.1) is 0 Å².